The van der Waals surface area contributed by atoms with Gasteiger partial charge in [0.1, 0.15) is 0 Å². The Morgan fingerprint density at radius 3 is 2.74 bits per heavy atom. The average Bonchev–Trinajstić information content (AvgIpc) is 3.33. The zero-order valence-electron chi connectivity index (χ0n) is 14.7. The second-order valence-electron chi connectivity index (χ2n) is 7.07. The molecular formula is C21H19ClN2O3. The monoisotopic (exact) mass is 382 g/mol. The summed E-state index contributed by atoms with van der Waals surface area (Å²) in [6.07, 6.45) is 3.98. The number of nitrogens with one attached hydrogen (secondary N) is 1. The van der Waals surface area contributed by atoms with E-state index in [9.17, 15) is 4.79 Å². The Labute approximate surface area is 161 Å². The number of fused-ring (bicyclic) bond motifs is 2. The van der Waals surface area contributed by atoms with Gasteiger partial charge in [0.25, 0.3) is 5.91 Å². The van der Waals surface area contributed by atoms with Crippen LogP contribution < -0.4 is 9.47 Å². The van der Waals surface area contributed by atoms with Crippen LogP contribution in [0.2, 0.25) is 5.02 Å². The number of ether oxygens (including phenoxy) is 2. The van der Waals surface area contributed by atoms with Crippen molar-refractivity contribution < 1.29 is 14.3 Å². The summed E-state index contributed by atoms with van der Waals surface area (Å²) in [4.78, 5) is 18.1. The SMILES string of the molecule is O=C(c1ccc2c(c1)OCO2)N1CCC(c2c[nH]c3cc(Cl)ccc23)CC1. The summed E-state index contributed by atoms with van der Waals surface area (Å²) in [5, 5.41) is 1.96. The van der Waals surface area contributed by atoms with Crippen molar-refractivity contribution in [2.45, 2.75) is 18.8 Å². The van der Waals surface area contributed by atoms with Crippen LogP contribution in [0.5, 0.6) is 11.5 Å². The van der Waals surface area contributed by atoms with Gasteiger partial charge in [0.15, 0.2) is 11.5 Å². The van der Waals surface area contributed by atoms with Gasteiger partial charge in [0.2, 0.25) is 6.79 Å². The summed E-state index contributed by atoms with van der Waals surface area (Å²) in [5.41, 5.74) is 3.03. The molecule has 2 aromatic carbocycles. The molecule has 0 saturated carbocycles. The predicted molar refractivity (Wildman–Crippen MR) is 104 cm³/mol. The first kappa shape index (κ1) is 16.5. The molecule has 27 heavy (non-hydrogen) atoms. The molecule has 0 spiro atoms. The Kier molecular flexibility index (Phi) is 3.97. The predicted octanol–water partition coefficient (Wildman–Crippen LogP) is 4.57. The normalized spacial score (nSPS) is 16.9. The van der Waals surface area contributed by atoms with Crippen LogP contribution in [-0.4, -0.2) is 35.7 Å². The van der Waals surface area contributed by atoms with Crippen LogP contribution in [0.4, 0.5) is 0 Å². The molecule has 5 nitrogen and oxygen atoms in total. The number of hydrogen-bond donors (Lipinski definition) is 1. The van der Waals surface area contributed by atoms with Gasteiger partial charge in [-0.15, -0.1) is 0 Å². The topological polar surface area (TPSA) is 54.6 Å². The summed E-state index contributed by atoms with van der Waals surface area (Å²) < 4.78 is 10.7. The number of aromatic nitrogens is 1. The minimum atomic E-state index is 0.0532. The molecule has 0 aliphatic carbocycles. The Bertz CT molecular complexity index is 1020. The zero-order valence-corrected chi connectivity index (χ0v) is 15.5. The van der Waals surface area contributed by atoms with Crippen molar-refractivity contribution in [1.82, 2.24) is 9.88 Å². The highest BCUT2D eigenvalue weighted by Crippen LogP contribution is 2.36. The maximum atomic E-state index is 12.9. The van der Waals surface area contributed by atoms with Crippen molar-refractivity contribution in [3.63, 3.8) is 0 Å². The highest BCUT2D eigenvalue weighted by molar-refractivity contribution is 6.31. The molecule has 138 valence electrons. The van der Waals surface area contributed by atoms with Crippen LogP contribution in [0.3, 0.4) is 0 Å². The van der Waals surface area contributed by atoms with Crippen LogP contribution in [0.25, 0.3) is 10.9 Å². The van der Waals surface area contributed by atoms with E-state index in [2.05, 4.69) is 17.2 Å². The van der Waals surface area contributed by atoms with E-state index in [1.807, 2.05) is 23.1 Å². The minimum absolute atomic E-state index is 0.0532. The van der Waals surface area contributed by atoms with E-state index in [0.29, 0.717) is 23.0 Å². The molecule has 0 radical (unpaired) electrons. The van der Waals surface area contributed by atoms with Gasteiger partial charge < -0.3 is 19.4 Å². The van der Waals surface area contributed by atoms with E-state index in [1.54, 1.807) is 12.1 Å². The third kappa shape index (κ3) is 2.92. The van der Waals surface area contributed by atoms with Gasteiger partial charge in [0, 0.05) is 40.8 Å². The summed E-state index contributed by atoms with van der Waals surface area (Å²) in [5.74, 6) is 1.84. The van der Waals surface area contributed by atoms with E-state index in [0.717, 1.165) is 36.5 Å². The van der Waals surface area contributed by atoms with E-state index >= 15 is 0 Å². The van der Waals surface area contributed by atoms with Crippen molar-refractivity contribution in [3.05, 3.63) is 58.7 Å². The van der Waals surface area contributed by atoms with E-state index < -0.39 is 0 Å². The van der Waals surface area contributed by atoms with Gasteiger partial charge in [-0.1, -0.05) is 17.7 Å². The van der Waals surface area contributed by atoms with Crippen LogP contribution in [-0.2, 0) is 0 Å². The van der Waals surface area contributed by atoms with Crippen LogP contribution >= 0.6 is 11.6 Å². The number of aromatic amines is 1. The Morgan fingerprint density at radius 1 is 1.07 bits per heavy atom. The standard InChI is InChI=1S/C21H19ClN2O3/c22-15-2-3-16-17(11-23-18(16)10-15)13-5-7-24(8-6-13)21(25)14-1-4-19-20(9-14)27-12-26-19/h1-4,9-11,13,23H,5-8,12H2. The molecule has 1 fully saturated rings. The molecule has 0 bridgehead atoms. The largest absolute Gasteiger partial charge is 0.454 e. The molecule has 1 amide bonds. The van der Waals surface area contributed by atoms with Crippen LogP contribution in [0, 0.1) is 0 Å². The van der Waals surface area contributed by atoms with Gasteiger partial charge in [-0.05, 0) is 54.7 Å². The molecule has 6 heteroatoms. The van der Waals surface area contributed by atoms with Gasteiger partial charge in [-0.25, -0.2) is 0 Å². The second kappa shape index (κ2) is 6.50. The van der Waals surface area contributed by atoms with Gasteiger partial charge >= 0.3 is 0 Å². The van der Waals surface area contributed by atoms with Crippen LogP contribution in [0.15, 0.2) is 42.6 Å². The molecule has 0 unspecified atom stereocenters. The van der Waals surface area contributed by atoms with Crippen molar-refractivity contribution in [2.75, 3.05) is 19.9 Å². The lowest BCUT2D eigenvalue weighted by Gasteiger charge is -2.32. The Balaban J connectivity index is 1.30. The fourth-order valence-corrected chi connectivity index (χ4v) is 4.24. The second-order valence-corrected chi connectivity index (χ2v) is 7.50. The van der Waals surface area contributed by atoms with E-state index in [-0.39, 0.29) is 12.7 Å². The highest BCUT2D eigenvalue weighted by atomic mass is 35.5. The fourth-order valence-electron chi connectivity index (χ4n) is 4.06. The Hall–Kier alpha value is -2.66. The lowest BCUT2D eigenvalue weighted by Crippen LogP contribution is -2.37. The number of piperidine rings is 1. The number of hydrogen-bond acceptors (Lipinski definition) is 3. The summed E-state index contributed by atoms with van der Waals surface area (Å²) in [6.45, 7) is 1.71. The molecule has 2 aliphatic rings. The number of carbonyl (C=O) groups excluding carboxylic acids is 1. The van der Waals surface area contributed by atoms with Crippen LogP contribution in [0.1, 0.15) is 34.7 Å². The summed E-state index contributed by atoms with van der Waals surface area (Å²) >= 11 is 6.08. The molecule has 1 N–H and O–H groups in total. The highest BCUT2D eigenvalue weighted by Gasteiger charge is 2.27. The number of halogens is 1. The number of likely N-dealkylation sites (tertiary alicyclic amines) is 1. The molecule has 5 rings (SSSR count). The third-order valence-electron chi connectivity index (χ3n) is 5.52. The number of benzene rings is 2. The van der Waals surface area contributed by atoms with Crippen molar-refractivity contribution in [2.24, 2.45) is 0 Å². The van der Waals surface area contributed by atoms with E-state index in [1.165, 1.54) is 10.9 Å². The molecule has 1 aromatic heterocycles. The number of carbonyl (C=O) groups is 1. The maximum Gasteiger partial charge on any atom is 0.253 e. The molecule has 0 atom stereocenters. The van der Waals surface area contributed by atoms with E-state index in [4.69, 9.17) is 21.1 Å². The molecule has 1 saturated heterocycles. The average molecular weight is 383 g/mol. The smallest absolute Gasteiger partial charge is 0.253 e. The first-order valence-electron chi connectivity index (χ1n) is 9.14. The lowest BCUT2D eigenvalue weighted by molar-refractivity contribution is 0.0713. The molecule has 3 heterocycles. The molecule has 2 aliphatic heterocycles. The number of amides is 1. The zero-order chi connectivity index (χ0) is 18.4. The van der Waals surface area contributed by atoms with Crippen molar-refractivity contribution in [3.8, 4) is 11.5 Å². The molecular weight excluding hydrogens is 364 g/mol. The lowest BCUT2D eigenvalue weighted by atomic mass is 9.89. The first-order valence-corrected chi connectivity index (χ1v) is 9.52. The first-order chi connectivity index (χ1) is 13.2. The maximum absolute atomic E-state index is 12.9. The number of rotatable bonds is 2. The summed E-state index contributed by atoms with van der Waals surface area (Å²) in [6, 6.07) is 11.4. The van der Waals surface area contributed by atoms with Gasteiger partial charge in [0.05, 0.1) is 0 Å². The van der Waals surface area contributed by atoms with Gasteiger partial charge in [-0.3, -0.25) is 4.79 Å². The minimum Gasteiger partial charge on any atom is -0.454 e. The fraction of sp³-hybridized carbons (Fsp3) is 0.286. The van der Waals surface area contributed by atoms with Crippen molar-refractivity contribution in [1.29, 1.82) is 0 Å². The molecule has 3 aromatic rings. The quantitative estimate of drug-likeness (QED) is 0.706. The van der Waals surface area contributed by atoms with Crippen molar-refractivity contribution >= 4 is 28.4 Å². The number of nitrogens with zero attached hydrogens (tertiary/aromatic N) is 1. The number of H-pyrrole nitrogens is 1. The van der Waals surface area contributed by atoms with Gasteiger partial charge in [-0.2, -0.15) is 0 Å². The Morgan fingerprint density at radius 2 is 1.89 bits per heavy atom. The summed E-state index contributed by atoms with van der Waals surface area (Å²) in [7, 11) is 0. The third-order valence-corrected chi connectivity index (χ3v) is 5.75.